The topological polar surface area (TPSA) is 114 Å². The molecule has 0 bridgehead atoms. The van der Waals surface area contributed by atoms with Gasteiger partial charge in [0.15, 0.2) is 0 Å². The van der Waals surface area contributed by atoms with Gasteiger partial charge in [0.05, 0.1) is 23.2 Å². The lowest BCUT2D eigenvalue weighted by molar-refractivity contribution is -0.148. The molecule has 37 heavy (non-hydrogen) atoms. The molecule has 3 amide bonds. The van der Waals surface area contributed by atoms with Crippen LogP contribution in [0.15, 0.2) is 59.6 Å². The number of alkyl halides is 5. The summed E-state index contributed by atoms with van der Waals surface area (Å²) in [6.07, 6.45) is -10.1. The van der Waals surface area contributed by atoms with Gasteiger partial charge in [-0.2, -0.15) is 13.2 Å². The number of amides is 3. The number of hydrogen-bond donors (Lipinski definition) is 3. The zero-order chi connectivity index (χ0) is 27.4. The summed E-state index contributed by atoms with van der Waals surface area (Å²) in [4.78, 5) is 42.4. The number of aliphatic imine (C=N–C) groups is 1. The van der Waals surface area contributed by atoms with E-state index in [2.05, 4.69) is 15.6 Å². The molecule has 7 nitrogen and oxygen atoms in total. The normalized spacial score (nSPS) is 17.5. The molecule has 2 aromatic carbocycles. The second-order valence-electron chi connectivity index (χ2n) is 8.83. The lowest BCUT2D eigenvalue weighted by Gasteiger charge is -2.27. The molecule has 12 heteroatoms. The molecule has 2 aromatic rings. The van der Waals surface area contributed by atoms with Gasteiger partial charge in [0, 0.05) is 24.0 Å². The number of nitrogens with zero attached hydrogens (tertiary/aromatic N) is 1. The minimum absolute atomic E-state index is 0.304. The number of benzodiazepines with no additional fused rings is 1. The minimum atomic E-state index is -4.73. The van der Waals surface area contributed by atoms with Crippen molar-refractivity contribution in [1.82, 2.24) is 5.32 Å². The molecule has 0 saturated heterocycles. The van der Waals surface area contributed by atoms with Gasteiger partial charge in [-0.25, -0.2) is 13.8 Å². The summed E-state index contributed by atoms with van der Waals surface area (Å²) in [6, 6.07) is 15.3. The van der Waals surface area contributed by atoms with Crippen molar-refractivity contribution in [3.8, 4) is 0 Å². The van der Waals surface area contributed by atoms with Crippen LogP contribution in [0.5, 0.6) is 0 Å². The van der Waals surface area contributed by atoms with Crippen LogP contribution in [-0.2, 0) is 14.4 Å². The highest BCUT2D eigenvalue weighted by atomic mass is 19.4. The number of para-hydroxylation sites is 1. The number of benzene rings is 2. The predicted octanol–water partition coefficient (Wildman–Crippen LogP) is 4.02. The highest BCUT2D eigenvalue weighted by Crippen LogP contribution is 2.33. The van der Waals surface area contributed by atoms with Gasteiger partial charge in [-0.3, -0.25) is 14.4 Å². The predicted molar refractivity (Wildman–Crippen MR) is 126 cm³/mol. The Morgan fingerprint density at radius 2 is 1.65 bits per heavy atom. The van der Waals surface area contributed by atoms with E-state index in [1.807, 2.05) is 0 Å². The molecular formula is C25H25F5N4O3. The first kappa shape index (κ1) is 27.8. The van der Waals surface area contributed by atoms with Gasteiger partial charge in [-0.1, -0.05) is 48.5 Å². The number of primary amides is 1. The summed E-state index contributed by atoms with van der Waals surface area (Å²) in [7, 11) is 0. The number of halogens is 5. The molecular weight excluding hydrogens is 499 g/mol. The van der Waals surface area contributed by atoms with E-state index in [1.165, 1.54) is 0 Å². The zero-order valence-corrected chi connectivity index (χ0v) is 19.7. The second-order valence-corrected chi connectivity index (χ2v) is 8.83. The van der Waals surface area contributed by atoms with Gasteiger partial charge >= 0.3 is 6.18 Å². The van der Waals surface area contributed by atoms with Gasteiger partial charge in [0.25, 0.3) is 5.91 Å². The van der Waals surface area contributed by atoms with Gasteiger partial charge in [0.1, 0.15) is 0 Å². The van der Waals surface area contributed by atoms with Gasteiger partial charge in [-0.15, -0.1) is 0 Å². The first-order valence-corrected chi connectivity index (χ1v) is 11.3. The molecule has 198 valence electrons. The van der Waals surface area contributed by atoms with E-state index in [1.54, 1.807) is 54.6 Å². The average molecular weight is 524 g/mol. The van der Waals surface area contributed by atoms with Crippen molar-refractivity contribution in [1.29, 1.82) is 0 Å². The molecule has 0 saturated carbocycles. The Morgan fingerprint density at radius 1 is 1.03 bits per heavy atom. The third-order valence-electron chi connectivity index (χ3n) is 5.78. The Morgan fingerprint density at radius 3 is 2.24 bits per heavy atom. The Hall–Kier alpha value is -3.83. The number of carbonyl (C=O) groups is 3. The minimum Gasteiger partial charge on any atom is -0.369 e. The Balaban J connectivity index is 1.99. The van der Waals surface area contributed by atoms with Gasteiger partial charge in [0.2, 0.25) is 23.9 Å². The molecule has 0 aromatic heterocycles. The van der Waals surface area contributed by atoms with Crippen LogP contribution < -0.4 is 16.4 Å². The fourth-order valence-electron chi connectivity index (χ4n) is 4.08. The van der Waals surface area contributed by atoms with Crippen molar-refractivity contribution in [2.75, 3.05) is 5.32 Å². The Kier molecular flexibility index (Phi) is 8.29. The molecule has 4 N–H and O–H groups in total. The quantitative estimate of drug-likeness (QED) is 0.431. The van der Waals surface area contributed by atoms with Crippen molar-refractivity contribution < 1.29 is 36.3 Å². The smallest absolute Gasteiger partial charge is 0.369 e. The number of hydrogen-bond acceptors (Lipinski definition) is 4. The van der Waals surface area contributed by atoms with E-state index < -0.39 is 67.1 Å². The van der Waals surface area contributed by atoms with Crippen LogP contribution in [0.2, 0.25) is 0 Å². The van der Waals surface area contributed by atoms with E-state index in [-0.39, 0.29) is 0 Å². The summed E-state index contributed by atoms with van der Waals surface area (Å²) in [5.74, 6) is -10.7. The highest BCUT2D eigenvalue weighted by molar-refractivity contribution is 6.19. The molecule has 0 radical (unpaired) electrons. The molecule has 0 spiro atoms. The maximum absolute atomic E-state index is 13.7. The van der Waals surface area contributed by atoms with E-state index >= 15 is 0 Å². The van der Waals surface area contributed by atoms with Crippen molar-refractivity contribution in [3.05, 3.63) is 65.7 Å². The first-order valence-electron chi connectivity index (χ1n) is 11.3. The van der Waals surface area contributed by atoms with E-state index in [0.29, 0.717) is 29.4 Å². The summed E-state index contributed by atoms with van der Waals surface area (Å²) in [6.45, 7) is 0.466. The number of nitrogens with one attached hydrogen (secondary N) is 2. The third-order valence-corrected chi connectivity index (χ3v) is 5.78. The van der Waals surface area contributed by atoms with Crippen LogP contribution >= 0.6 is 0 Å². The maximum Gasteiger partial charge on any atom is 0.389 e. The van der Waals surface area contributed by atoms with Gasteiger partial charge < -0.3 is 16.4 Å². The largest absolute Gasteiger partial charge is 0.389 e. The molecule has 3 atom stereocenters. The Bertz CT molecular complexity index is 1180. The lowest BCUT2D eigenvalue weighted by atomic mass is 9.83. The van der Waals surface area contributed by atoms with Crippen molar-refractivity contribution in [2.45, 2.75) is 44.5 Å². The summed E-state index contributed by atoms with van der Waals surface area (Å²) in [5.41, 5.74) is 7.01. The summed E-state index contributed by atoms with van der Waals surface area (Å²) < 4.78 is 66.4. The van der Waals surface area contributed by atoms with Crippen molar-refractivity contribution in [3.63, 3.8) is 0 Å². The standard InChI is InChI=1S/C25H25F5N4O3/c1-24(26,27)13-17(20(31)35)15(11-12-25(28,29)30)22(36)34-21-23(37)32-18-10-6-5-9-16(18)19(33-21)14-7-3-2-4-8-14/h2-10,15,17,21H,11-13H2,1H3,(H2,31,35)(H,32,37)(H,34,36)/t15-,17?,21?/m1/s1. The summed E-state index contributed by atoms with van der Waals surface area (Å²) >= 11 is 0. The average Bonchev–Trinajstić information content (AvgIpc) is 2.93. The SMILES string of the molecule is CC(F)(F)CC(C(N)=O)[C@@H](CCC(F)(F)F)C(=O)NC1N=C(c2ccccc2)c2ccccc2NC1=O. The van der Waals surface area contributed by atoms with Crippen LogP contribution in [0, 0.1) is 11.8 Å². The number of nitrogens with two attached hydrogens (primary N) is 1. The molecule has 1 aliphatic rings. The van der Waals surface area contributed by atoms with Crippen LogP contribution in [0.25, 0.3) is 0 Å². The number of rotatable bonds is 9. The van der Waals surface area contributed by atoms with Crippen LogP contribution in [0.1, 0.15) is 37.3 Å². The van der Waals surface area contributed by atoms with Crippen molar-refractivity contribution >= 4 is 29.1 Å². The second kappa shape index (κ2) is 11.1. The fourth-order valence-corrected chi connectivity index (χ4v) is 4.08. The van der Waals surface area contributed by atoms with Crippen LogP contribution in [0.4, 0.5) is 27.6 Å². The molecule has 1 aliphatic heterocycles. The number of carbonyl (C=O) groups excluding carboxylic acids is 3. The van der Waals surface area contributed by atoms with Gasteiger partial charge in [-0.05, 0) is 19.4 Å². The molecule has 0 aliphatic carbocycles. The summed E-state index contributed by atoms with van der Waals surface area (Å²) in [5, 5.41) is 4.85. The Labute approximate surface area is 209 Å². The molecule has 3 rings (SSSR count). The molecule has 1 heterocycles. The molecule has 0 fully saturated rings. The first-order chi connectivity index (χ1) is 17.2. The van der Waals surface area contributed by atoms with E-state index in [9.17, 15) is 36.3 Å². The lowest BCUT2D eigenvalue weighted by Crippen LogP contribution is -2.48. The van der Waals surface area contributed by atoms with Crippen LogP contribution in [0.3, 0.4) is 0 Å². The number of anilines is 1. The monoisotopic (exact) mass is 524 g/mol. The van der Waals surface area contributed by atoms with Crippen molar-refractivity contribution in [2.24, 2.45) is 22.6 Å². The van der Waals surface area contributed by atoms with Crippen LogP contribution in [-0.4, -0.2) is 41.7 Å². The van der Waals surface area contributed by atoms with E-state index in [0.717, 1.165) is 0 Å². The number of fused-ring (bicyclic) bond motifs is 1. The van der Waals surface area contributed by atoms with E-state index in [4.69, 9.17) is 5.73 Å². The third kappa shape index (κ3) is 7.58. The highest BCUT2D eigenvalue weighted by Gasteiger charge is 2.42. The maximum atomic E-state index is 13.7. The fraction of sp³-hybridized carbons (Fsp3) is 0.360. The molecule has 2 unspecified atom stereocenters. The zero-order valence-electron chi connectivity index (χ0n) is 19.7.